The van der Waals surface area contributed by atoms with Crippen LogP contribution in [-0.2, 0) is 16.0 Å². The average Bonchev–Trinajstić information content (AvgIpc) is 2.15. The van der Waals surface area contributed by atoms with E-state index in [9.17, 15) is 4.79 Å². The SMILES string of the molecule is Cc1cc(C)cc(CCOC(=O)C(C)C)c1. The highest BCUT2D eigenvalue weighted by atomic mass is 16.5. The summed E-state index contributed by atoms with van der Waals surface area (Å²) in [6.07, 6.45) is 0.793. The van der Waals surface area contributed by atoms with Crippen molar-refractivity contribution in [2.75, 3.05) is 6.61 Å². The Morgan fingerprint density at radius 3 is 2.25 bits per heavy atom. The molecule has 0 saturated heterocycles. The first-order valence-corrected chi connectivity index (χ1v) is 5.73. The van der Waals surface area contributed by atoms with Gasteiger partial charge >= 0.3 is 5.97 Å². The van der Waals surface area contributed by atoms with Crippen molar-refractivity contribution in [3.63, 3.8) is 0 Å². The van der Waals surface area contributed by atoms with Gasteiger partial charge in [-0.05, 0) is 19.4 Å². The van der Waals surface area contributed by atoms with Gasteiger partial charge in [-0.15, -0.1) is 0 Å². The van der Waals surface area contributed by atoms with E-state index in [1.807, 2.05) is 13.8 Å². The monoisotopic (exact) mass is 220 g/mol. The maximum absolute atomic E-state index is 11.2. The molecule has 0 amide bonds. The van der Waals surface area contributed by atoms with Crippen molar-refractivity contribution in [3.8, 4) is 0 Å². The Balaban J connectivity index is 2.46. The summed E-state index contributed by atoms with van der Waals surface area (Å²) in [5.41, 5.74) is 3.74. The first-order valence-electron chi connectivity index (χ1n) is 5.73. The lowest BCUT2D eigenvalue weighted by molar-refractivity contribution is -0.147. The number of hydrogen-bond donors (Lipinski definition) is 0. The summed E-state index contributed by atoms with van der Waals surface area (Å²) in [6, 6.07) is 6.41. The summed E-state index contributed by atoms with van der Waals surface area (Å²) in [4.78, 5) is 11.2. The minimum atomic E-state index is -0.121. The van der Waals surface area contributed by atoms with Crippen LogP contribution < -0.4 is 0 Å². The minimum absolute atomic E-state index is 0.0424. The Kier molecular flexibility index (Phi) is 4.53. The largest absolute Gasteiger partial charge is 0.465 e. The molecule has 0 bridgehead atoms. The predicted molar refractivity (Wildman–Crippen MR) is 65.4 cm³/mol. The van der Waals surface area contributed by atoms with Gasteiger partial charge in [-0.2, -0.15) is 0 Å². The van der Waals surface area contributed by atoms with E-state index >= 15 is 0 Å². The molecule has 2 nitrogen and oxygen atoms in total. The Bertz CT molecular complexity index is 347. The van der Waals surface area contributed by atoms with Crippen LogP contribution in [0, 0.1) is 19.8 Å². The fourth-order valence-corrected chi connectivity index (χ4v) is 1.65. The lowest BCUT2D eigenvalue weighted by atomic mass is 10.1. The molecule has 0 unspecified atom stereocenters. The van der Waals surface area contributed by atoms with E-state index in [2.05, 4.69) is 32.0 Å². The zero-order valence-corrected chi connectivity index (χ0v) is 10.5. The van der Waals surface area contributed by atoms with Crippen molar-refractivity contribution in [1.82, 2.24) is 0 Å². The van der Waals surface area contributed by atoms with Crippen molar-refractivity contribution < 1.29 is 9.53 Å². The van der Waals surface area contributed by atoms with Crippen molar-refractivity contribution in [2.24, 2.45) is 5.92 Å². The van der Waals surface area contributed by atoms with Gasteiger partial charge in [0.2, 0.25) is 0 Å². The van der Waals surface area contributed by atoms with Crippen molar-refractivity contribution in [3.05, 3.63) is 34.9 Å². The topological polar surface area (TPSA) is 26.3 Å². The fraction of sp³-hybridized carbons (Fsp3) is 0.500. The van der Waals surface area contributed by atoms with Gasteiger partial charge in [0.05, 0.1) is 12.5 Å². The average molecular weight is 220 g/mol. The van der Waals surface area contributed by atoms with Gasteiger partial charge in [-0.1, -0.05) is 43.2 Å². The third-order valence-electron chi connectivity index (χ3n) is 2.39. The lowest BCUT2D eigenvalue weighted by Crippen LogP contribution is -2.13. The Morgan fingerprint density at radius 1 is 1.19 bits per heavy atom. The van der Waals surface area contributed by atoms with E-state index in [0.29, 0.717) is 6.61 Å². The molecule has 2 heteroatoms. The van der Waals surface area contributed by atoms with E-state index in [0.717, 1.165) is 6.42 Å². The van der Waals surface area contributed by atoms with Crippen LogP contribution in [0.4, 0.5) is 0 Å². The molecular weight excluding hydrogens is 200 g/mol. The fourth-order valence-electron chi connectivity index (χ4n) is 1.65. The van der Waals surface area contributed by atoms with Crippen LogP contribution in [0.25, 0.3) is 0 Å². The van der Waals surface area contributed by atoms with Crippen molar-refractivity contribution in [1.29, 1.82) is 0 Å². The zero-order valence-electron chi connectivity index (χ0n) is 10.5. The maximum atomic E-state index is 11.2. The summed E-state index contributed by atoms with van der Waals surface area (Å²) in [5, 5.41) is 0. The van der Waals surface area contributed by atoms with E-state index in [4.69, 9.17) is 4.74 Å². The van der Waals surface area contributed by atoms with Crippen LogP contribution in [0.2, 0.25) is 0 Å². The number of aryl methyl sites for hydroxylation is 2. The van der Waals surface area contributed by atoms with Crippen LogP contribution in [0.5, 0.6) is 0 Å². The van der Waals surface area contributed by atoms with Gasteiger partial charge in [0.25, 0.3) is 0 Å². The molecule has 0 atom stereocenters. The number of carbonyl (C=O) groups is 1. The summed E-state index contributed by atoms with van der Waals surface area (Å²) in [7, 11) is 0. The molecule has 0 radical (unpaired) electrons. The molecule has 0 spiro atoms. The van der Waals surface area contributed by atoms with Crippen LogP contribution in [-0.4, -0.2) is 12.6 Å². The van der Waals surface area contributed by atoms with E-state index in [1.54, 1.807) is 0 Å². The molecule has 88 valence electrons. The molecule has 0 N–H and O–H groups in total. The molecule has 0 aliphatic carbocycles. The molecule has 0 fully saturated rings. The molecule has 16 heavy (non-hydrogen) atoms. The van der Waals surface area contributed by atoms with Gasteiger partial charge in [0, 0.05) is 6.42 Å². The molecule has 0 saturated carbocycles. The summed E-state index contributed by atoms with van der Waals surface area (Å²) in [6.45, 7) is 8.32. The van der Waals surface area contributed by atoms with Crippen LogP contribution >= 0.6 is 0 Å². The van der Waals surface area contributed by atoms with Gasteiger partial charge in [0.15, 0.2) is 0 Å². The number of hydrogen-bond acceptors (Lipinski definition) is 2. The molecule has 0 aliphatic rings. The molecule has 0 heterocycles. The van der Waals surface area contributed by atoms with E-state index in [-0.39, 0.29) is 11.9 Å². The number of carbonyl (C=O) groups excluding carboxylic acids is 1. The third-order valence-corrected chi connectivity index (χ3v) is 2.39. The van der Waals surface area contributed by atoms with Gasteiger partial charge < -0.3 is 4.74 Å². The number of rotatable bonds is 4. The van der Waals surface area contributed by atoms with Crippen molar-refractivity contribution in [2.45, 2.75) is 34.1 Å². The third kappa shape index (κ3) is 4.05. The maximum Gasteiger partial charge on any atom is 0.308 e. The zero-order chi connectivity index (χ0) is 12.1. The molecule has 0 aromatic heterocycles. The van der Waals surface area contributed by atoms with Gasteiger partial charge in [0.1, 0.15) is 0 Å². The lowest BCUT2D eigenvalue weighted by Gasteiger charge is -2.08. The summed E-state index contributed by atoms with van der Waals surface area (Å²) in [5.74, 6) is -0.163. The minimum Gasteiger partial charge on any atom is -0.465 e. The highest BCUT2D eigenvalue weighted by molar-refractivity contribution is 5.71. The second-order valence-corrected chi connectivity index (χ2v) is 4.57. The number of benzene rings is 1. The number of esters is 1. The highest BCUT2D eigenvalue weighted by Gasteiger charge is 2.07. The first kappa shape index (κ1) is 12.8. The van der Waals surface area contributed by atoms with Crippen LogP contribution in [0.3, 0.4) is 0 Å². The smallest absolute Gasteiger partial charge is 0.308 e. The molecule has 1 aromatic carbocycles. The Labute approximate surface area is 97.6 Å². The first-order chi connectivity index (χ1) is 7.49. The van der Waals surface area contributed by atoms with Gasteiger partial charge in [-0.3, -0.25) is 4.79 Å². The molecular formula is C14H20O2. The molecule has 1 aromatic rings. The van der Waals surface area contributed by atoms with E-state index < -0.39 is 0 Å². The summed E-state index contributed by atoms with van der Waals surface area (Å²) >= 11 is 0. The number of ether oxygens (including phenoxy) is 1. The second kappa shape index (κ2) is 5.69. The highest BCUT2D eigenvalue weighted by Crippen LogP contribution is 2.09. The van der Waals surface area contributed by atoms with Crippen LogP contribution in [0.1, 0.15) is 30.5 Å². The van der Waals surface area contributed by atoms with Crippen molar-refractivity contribution >= 4 is 5.97 Å². The Morgan fingerprint density at radius 2 is 1.75 bits per heavy atom. The summed E-state index contributed by atoms with van der Waals surface area (Å²) < 4.78 is 5.15. The molecule has 0 aliphatic heterocycles. The predicted octanol–water partition coefficient (Wildman–Crippen LogP) is 3.05. The standard InChI is InChI=1S/C14H20O2/c1-10(2)14(15)16-6-5-13-8-11(3)7-12(4)9-13/h7-10H,5-6H2,1-4H3. The quantitative estimate of drug-likeness (QED) is 0.729. The molecule has 1 rings (SSSR count). The normalized spacial score (nSPS) is 10.6. The Hall–Kier alpha value is -1.31. The van der Waals surface area contributed by atoms with Crippen LogP contribution in [0.15, 0.2) is 18.2 Å². The van der Waals surface area contributed by atoms with E-state index in [1.165, 1.54) is 16.7 Å². The second-order valence-electron chi connectivity index (χ2n) is 4.57. The van der Waals surface area contributed by atoms with Gasteiger partial charge in [-0.25, -0.2) is 0 Å².